The fourth-order valence-electron chi connectivity index (χ4n) is 12.1. The van der Waals surface area contributed by atoms with E-state index in [1.54, 1.807) is 128 Å². The molecule has 0 aliphatic heterocycles. The van der Waals surface area contributed by atoms with Gasteiger partial charge >= 0.3 is 0 Å². The van der Waals surface area contributed by atoms with Crippen LogP contribution in [0.15, 0.2) is 226 Å². The van der Waals surface area contributed by atoms with Crippen molar-refractivity contribution in [1.29, 1.82) is 0 Å². The summed E-state index contributed by atoms with van der Waals surface area (Å²) in [5.41, 5.74) is 3.19. The number of anilines is 2. The number of hydrogen-bond acceptors (Lipinski definition) is 21. The number of rotatable bonds is 35. The Morgan fingerprint density at radius 1 is 0.331 bits per heavy atom. The van der Waals surface area contributed by atoms with Crippen LogP contribution in [0.2, 0.25) is 0 Å². The second kappa shape index (κ2) is 72.9. The fraction of sp³-hybridized carbons (Fsp3) is 0.348. The first-order valence-corrected chi connectivity index (χ1v) is 41.4. The molecule has 1 aliphatic carbocycles. The highest BCUT2D eigenvalue weighted by Crippen LogP contribution is 2.17. The molecule has 7 aromatic heterocycles. The van der Waals surface area contributed by atoms with Crippen LogP contribution in [0.25, 0.3) is 0 Å². The maximum Gasteiger partial charge on any atom is 0.290 e. The smallest absolute Gasteiger partial charge is 0.290 e. The van der Waals surface area contributed by atoms with Crippen molar-refractivity contribution in [2.75, 3.05) is 63.0 Å². The number of para-hydroxylation sites is 1. The summed E-state index contributed by atoms with van der Waals surface area (Å²) < 4.78 is 11.0. The number of amides is 6. The van der Waals surface area contributed by atoms with E-state index < -0.39 is 41.8 Å². The highest BCUT2D eigenvalue weighted by Gasteiger charge is 2.21. The van der Waals surface area contributed by atoms with Gasteiger partial charge in [0.05, 0.1) is 87.3 Å². The number of aryl methyl sites for hydroxylation is 1. The molecule has 41 heteroatoms. The number of carbonyl (C=O) groups is 13. The van der Waals surface area contributed by atoms with Crippen LogP contribution in [0.1, 0.15) is 178 Å². The first kappa shape index (κ1) is 129. The quantitative estimate of drug-likeness (QED) is 0.0163. The van der Waals surface area contributed by atoms with Gasteiger partial charge < -0.3 is 233 Å². The summed E-state index contributed by atoms with van der Waals surface area (Å²) in [6.07, 6.45) is 30.3. The third-order valence-corrected chi connectivity index (χ3v) is 18.9. The standard InChI is InChI=1S/C16H16N2O3.C14H18N2O3.C14H12N2O3.3C12H16N2O3.C12H18N2O2.5BrH.2HI/c1-2-12-5-7-14(8-6-12)17-15(19)11-18-9-3-4-13(10-18)16(20)21;2*17-13(15-12-6-2-1-3-7-12)10-16-8-4-5-11(9-16)14(18)19;2*1-3-14(4-2)11(15)9-13-7-5-6-10(8-13)12(16)17;1-2-3-6-13-11(15)9-14-7-4-5-10(8-14)12(16)17;1-3-13(4-2)8-9-14-7-5-6-11(10-14)12(15)16;;;;;;;/h3-10H,2,11H2,1H3,(H-,17,19,20,21);4-5,8-9,12H,1-3,6-7,10H2,(H-,15,17,18,19);1-9H,10H2,(H-,15,17,18,19);2*5-8H,3-4,9H2,1-2H3;4-5,7-8H,2-3,6,9H2,1H3,(H-,13,15,16,17);5-7,10H,3-4,8-9H2,1-2H3;7*1H/p-7. The third-order valence-electron chi connectivity index (χ3n) is 18.9. The maximum absolute atomic E-state index is 11.9. The number of hydrogen-bond donors (Lipinski definition) is 4. The third kappa shape index (κ3) is 52.6. The van der Waals surface area contributed by atoms with Gasteiger partial charge in [0.2, 0.25) is 39.3 Å². The Bertz CT molecular complexity index is 4990. The van der Waals surface area contributed by atoms with E-state index in [1.165, 1.54) is 99.3 Å². The number of benzene rings is 2. The molecule has 1 fully saturated rings. The van der Waals surface area contributed by atoms with Crippen LogP contribution >= 0.6 is 0 Å². The average molecular weight is 2390 g/mol. The van der Waals surface area contributed by atoms with E-state index in [4.69, 9.17) is 0 Å². The van der Waals surface area contributed by atoms with Crippen molar-refractivity contribution in [2.24, 2.45) is 0 Å². The molecule has 4 N–H and O–H groups in total. The van der Waals surface area contributed by atoms with Gasteiger partial charge in [-0.15, -0.1) is 0 Å². The monoisotopic (exact) mass is 2380 g/mol. The molecule has 1 saturated carbocycles. The normalized spacial score (nSPS) is 10.4. The van der Waals surface area contributed by atoms with Crippen LogP contribution in [0.4, 0.5) is 11.4 Å². The van der Waals surface area contributed by atoms with E-state index in [1.807, 2.05) is 87.8 Å². The Labute approximate surface area is 861 Å². The topological polar surface area (TPSA) is 468 Å². The molecule has 7 heterocycles. The number of likely N-dealkylation sites (N-methyl/N-ethyl adjacent to an activating group) is 3. The zero-order valence-corrected chi connectivity index (χ0v) is 87.2. The molecule has 9 aromatic rings. The van der Waals surface area contributed by atoms with Gasteiger partial charge in [-0.1, -0.05) is 83.7 Å². The van der Waals surface area contributed by atoms with E-state index in [9.17, 15) is 98.1 Å². The molecular formula is C92H112Br5I2N14O20-7. The van der Waals surface area contributed by atoms with Gasteiger partial charge in [0.1, 0.15) is 0 Å². The highest BCUT2D eigenvalue weighted by atomic mass is 127. The van der Waals surface area contributed by atoms with Gasteiger partial charge in [0, 0.05) is 92.6 Å². The van der Waals surface area contributed by atoms with E-state index in [-0.39, 0.29) is 253 Å². The van der Waals surface area contributed by atoms with E-state index in [0.29, 0.717) is 44.1 Å². The van der Waals surface area contributed by atoms with Gasteiger partial charge in [-0.05, 0) is 139 Å². The minimum atomic E-state index is -1.27. The lowest BCUT2D eigenvalue weighted by Gasteiger charge is -2.21. The Morgan fingerprint density at radius 3 is 0.910 bits per heavy atom. The van der Waals surface area contributed by atoms with Crippen LogP contribution in [0.5, 0.6) is 0 Å². The zero-order chi connectivity index (χ0) is 92.9. The van der Waals surface area contributed by atoms with Crippen LogP contribution in [0.3, 0.4) is 0 Å². The number of carboxylic acid groups (broad SMARTS) is 7. The number of carboxylic acids is 7. The van der Waals surface area contributed by atoms with E-state index in [2.05, 4.69) is 46.9 Å². The lowest BCUT2D eigenvalue weighted by Crippen LogP contribution is -3.00. The molecule has 34 nitrogen and oxygen atoms in total. The predicted octanol–water partition coefficient (Wildman–Crippen LogP) is -23.3. The second-order valence-corrected chi connectivity index (χ2v) is 28.2. The Kier molecular flexibility index (Phi) is 70.5. The number of aromatic carboxylic acids is 7. The number of nitrogens with zero attached hydrogens (tertiary/aromatic N) is 10. The number of nitrogens with one attached hydrogen (secondary N) is 4. The van der Waals surface area contributed by atoms with Gasteiger partial charge in [-0.25, -0.2) is 4.57 Å². The molecular weight excluding hydrogens is 2270 g/mol. The van der Waals surface area contributed by atoms with Crippen LogP contribution in [0, 0.1) is 0 Å². The molecule has 6 amide bonds. The molecule has 0 spiro atoms. The summed E-state index contributed by atoms with van der Waals surface area (Å²) in [7, 11) is 0. The summed E-state index contributed by atoms with van der Waals surface area (Å²) in [6, 6.07) is 38.3. The first-order chi connectivity index (χ1) is 60.3. The summed E-state index contributed by atoms with van der Waals surface area (Å²) >= 11 is 0. The molecule has 0 saturated heterocycles. The minimum absolute atomic E-state index is 0. The second-order valence-electron chi connectivity index (χ2n) is 28.2. The van der Waals surface area contributed by atoms with Crippen LogP contribution in [-0.4, -0.2) is 150 Å². The van der Waals surface area contributed by atoms with E-state index >= 15 is 0 Å². The Morgan fingerprint density at radius 2 is 0.617 bits per heavy atom. The molecule has 0 unspecified atom stereocenters. The molecule has 2 aromatic carbocycles. The number of unbranched alkanes of at least 4 members (excludes halogenated alkanes) is 1. The van der Waals surface area contributed by atoms with Crippen molar-refractivity contribution in [1.82, 2.24) is 25.3 Å². The summed E-state index contributed by atoms with van der Waals surface area (Å²) in [5.74, 6) is -9.34. The van der Waals surface area contributed by atoms with Crippen molar-refractivity contribution in [2.45, 2.75) is 159 Å². The van der Waals surface area contributed by atoms with Gasteiger partial charge in [0.25, 0.3) is 35.4 Å². The molecule has 0 atom stereocenters. The lowest BCUT2D eigenvalue weighted by molar-refractivity contribution is -0.696. The SMILES string of the molecule is CCCCNC(=O)C[n+]1cccc(C(=O)[O-])c1.CCN(CC)C(=O)C[n+]1cccc(C(=O)[O-])c1.CCN(CC)C(=O)C[n+]1cccc(C(=O)[O-])c1.CCN(CC)CC[n+]1cccc(C(=O)[O-])c1.CCc1ccc(NC(=O)C[n+]2cccc(C(=O)[O-])c2)cc1.O=C(C[n+]1cccc(C(=O)[O-])c1)NC1CCCCC1.O=C(C[n+]1cccc(C(=O)[O-])c1)Nc1ccccc1.[Br-].[Br-].[Br-].[Br-].[Br-].[I-].[I-]. The molecule has 726 valence electrons. The Balaban J connectivity index is -0.000000725. The maximum atomic E-state index is 11.9. The van der Waals surface area contributed by atoms with Crippen molar-refractivity contribution in [3.05, 3.63) is 271 Å². The van der Waals surface area contributed by atoms with E-state index in [0.717, 1.165) is 71.1 Å². The molecule has 133 heavy (non-hydrogen) atoms. The van der Waals surface area contributed by atoms with Crippen molar-refractivity contribution in [3.63, 3.8) is 0 Å². The largest absolute Gasteiger partial charge is 1.00 e. The molecule has 0 bridgehead atoms. The molecule has 1 aliphatic rings. The van der Waals surface area contributed by atoms with Crippen LogP contribution < -0.4 is 222 Å². The van der Waals surface area contributed by atoms with Crippen molar-refractivity contribution in [3.8, 4) is 0 Å². The molecule has 10 rings (SSSR count). The van der Waals surface area contributed by atoms with Crippen molar-refractivity contribution < 1.29 is 263 Å². The predicted molar refractivity (Wildman–Crippen MR) is 443 cm³/mol. The van der Waals surface area contributed by atoms with Crippen molar-refractivity contribution >= 4 is 88.6 Å². The number of aromatic nitrogens is 7. The summed E-state index contributed by atoms with van der Waals surface area (Å²) in [5, 5.41) is 86.1. The summed E-state index contributed by atoms with van der Waals surface area (Å²) in [4.78, 5) is 151. The number of halogens is 7. The zero-order valence-electron chi connectivity index (χ0n) is 75.0. The highest BCUT2D eigenvalue weighted by molar-refractivity contribution is 5.91. The molecule has 0 radical (unpaired) electrons. The summed E-state index contributed by atoms with van der Waals surface area (Å²) in [6.45, 7) is 23.6. The van der Waals surface area contributed by atoms with Gasteiger partial charge in [-0.3, -0.25) is 33.7 Å². The fourth-order valence-corrected chi connectivity index (χ4v) is 12.1. The van der Waals surface area contributed by atoms with Gasteiger partial charge in [-0.2, -0.15) is 27.4 Å². The van der Waals surface area contributed by atoms with Gasteiger partial charge in [0.15, 0.2) is 93.3 Å². The number of pyridine rings is 7. The average Bonchev–Trinajstić information content (AvgIpc) is 0.896. The Hall–Kier alpha value is -10.6. The number of carbonyl (C=O) groups excluding carboxylic acids is 13. The minimum Gasteiger partial charge on any atom is -1.00 e. The first-order valence-electron chi connectivity index (χ1n) is 41.4. The lowest BCUT2D eigenvalue weighted by atomic mass is 9.95. The van der Waals surface area contributed by atoms with Crippen LogP contribution in [-0.2, 0) is 81.0 Å².